The Morgan fingerprint density at radius 1 is 1.33 bits per heavy atom. The molecule has 1 saturated heterocycles. The first-order valence-corrected chi connectivity index (χ1v) is 9.85. The van der Waals surface area contributed by atoms with Crippen LogP contribution in [0.2, 0.25) is 0 Å². The molecule has 1 N–H and O–H groups in total. The van der Waals surface area contributed by atoms with Crippen LogP contribution in [0.25, 0.3) is 16.8 Å². The molecule has 4 heterocycles. The number of likely N-dealkylation sites (tertiary alicyclic amines) is 1. The molecule has 1 unspecified atom stereocenters. The number of amides is 1. The van der Waals surface area contributed by atoms with Crippen molar-refractivity contribution in [2.75, 3.05) is 25.5 Å². The zero-order chi connectivity index (χ0) is 21.0. The summed E-state index contributed by atoms with van der Waals surface area (Å²) >= 11 is 0. The Bertz CT molecular complexity index is 1120. The van der Waals surface area contributed by atoms with Crippen LogP contribution >= 0.6 is 0 Å². The lowest BCUT2D eigenvalue weighted by Gasteiger charge is -2.44. The molecule has 0 radical (unpaired) electrons. The van der Waals surface area contributed by atoms with Crippen molar-refractivity contribution in [3.63, 3.8) is 0 Å². The van der Waals surface area contributed by atoms with Gasteiger partial charge in [0.2, 0.25) is 5.91 Å². The fraction of sp³-hybridized carbons (Fsp3) is 0.450. The molecule has 1 atom stereocenters. The fourth-order valence-corrected chi connectivity index (χ4v) is 3.80. The second-order valence-corrected chi connectivity index (χ2v) is 8.06. The first-order valence-electron chi connectivity index (χ1n) is 9.85. The van der Waals surface area contributed by atoms with Crippen LogP contribution in [0.1, 0.15) is 12.8 Å². The highest BCUT2D eigenvalue weighted by molar-refractivity contribution is 5.93. The number of likely N-dealkylation sites (N-methyl/N-ethyl adjacent to an activating group) is 1. The molecule has 5 rings (SSSR count). The molecule has 1 amide bonds. The molecule has 1 aliphatic carbocycles. The van der Waals surface area contributed by atoms with Gasteiger partial charge in [-0.05, 0) is 32.0 Å². The number of carbonyl (C=O) groups excluding carboxylic acids is 1. The molecule has 1 aliphatic heterocycles. The van der Waals surface area contributed by atoms with Gasteiger partial charge >= 0.3 is 0 Å². The Morgan fingerprint density at radius 2 is 2.13 bits per heavy atom. The number of aryl methyl sites for hydroxylation is 1. The Kier molecular flexibility index (Phi) is 4.28. The molecule has 0 spiro atoms. The summed E-state index contributed by atoms with van der Waals surface area (Å²) in [6.07, 6.45) is 5.17. The minimum atomic E-state index is -2.74. The van der Waals surface area contributed by atoms with Gasteiger partial charge in [-0.2, -0.15) is 10.2 Å². The SMILES string of the molecule is CN1CC(F)(F)C1COc1cnn(C)c1-c1ccn2nc(NC(=O)C3CC3)cc2c1. The van der Waals surface area contributed by atoms with Gasteiger partial charge in [0.05, 0.1) is 18.3 Å². The van der Waals surface area contributed by atoms with Crippen molar-refractivity contribution >= 4 is 17.2 Å². The van der Waals surface area contributed by atoms with Gasteiger partial charge in [-0.3, -0.25) is 14.4 Å². The molecule has 3 aromatic rings. The molecular weight excluding hydrogens is 394 g/mol. The molecule has 0 bridgehead atoms. The van der Waals surface area contributed by atoms with Gasteiger partial charge in [0.25, 0.3) is 5.92 Å². The number of fused-ring (bicyclic) bond motifs is 1. The average Bonchev–Trinajstić information content (AvgIpc) is 3.37. The fourth-order valence-electron chi connectivity index (χ4n) is 3.80. The van der Waals surface area contributed by atoms with Gasteiger partial charge in [0, 0.05) is 30.8 Å². The molecule has 0 aromatic carbocycles. The van der Waals surface area contributed by atoms with Crippen molar-refractivity contribution < 1.29 is 18.3 Å². The number of halogens is 2. The zero-order valence-corrected chi connectivity index (χ0v) is 16.7. The summed E-state index contributed by atoms with van der Waals surface area (Å²) in [4.78, 5) is 13.5. The minimum Gasteiger partial charge on any atom is -0.488 e. The van der Waals surface area contributed by atoms with Crippen LogP contribution in [0.3, 0.4) is 0 Å². The van der Waals surface area contributed by atoms with Crippen molar-refractivity contribution in [3.05, 3.63) is 30.6 Å². The molecule has 2 aliphatic rings. The third-order valence-electron chi connectivity index (χ3n) is 5.72. The summed E-state index contributed by atoms with van der Waals surface area (Å²) < 4.78 is 36.5. The highest BCUT2D eigenvalue weighted by atomic mass is 19.3. The van der Waals surface area contributed by atoms with Gasteiger partial charge < -0.3 is 10.1 Å². The minimum absolute atomic E-state index is 0.00119. The first kappa shape index (κ1) is 19.0. The second kappa shape index (κ2) is 6.76. The first-order chi connectivity index (χ1) is 14.3. The maximum absolute atomic E-state index is 13.7. The lowest BCUT2D eigenvalue weighted by molar-refractivity contribution is -0.182. The second-order valence-electron chi connectivity index (χ2n) is 8.06. The van der Waals surface area contributed by atoms with Gasteiger partial charge in [0.15, 0.2) is 11.6 Å². The van der Waals surface area contributed by atoms with Crippen LogP contribution in [-0.2, 0) is 11.8 Å². The number of carbonyl (C=O) groups is 1. The molecule has 2 fully saturated rings. The van der Waals surface area contributed by atoms with Crippen LogP contribution in [0, 0.1) is 5.92 Å². The summed E-state index contributed by atoms with van der Waals surface area (Å²) in [7, 11) is 3.43. The normalized spacial score (nSPS) is 20.9. The maximum atomic E-state index is 13.7. The quantitative estimate of drug-likeness (QED) is 0.668. The van der Waals surface area contributed by atoms with Crippen molar-refractivity contribution in [1.29, 1.82) is 0 Å². The third-order valence-corrected chi connectivity index (χ3v) is 5.72. The predicted molar refractivity (Wildman–Crippen MR) is 106 cm³/mol. The monoisotopic (exact) mass is 416 g/mol. The zero-order valence-electron chi connectivity index (χ0n) is 16.7. The summed E-state index contributed by atoms with van der Waals surface area (Å²) in [5.74, 6) is -1.70. The Balaban J connectivity index is 1.38. The van der Waals surface area contributed by atoms with E-state index in [1.165, 1.54) is 6.20 Å². The lowest BCUT2D eigenvalue weighted by atomic mass is 10.0. The van der Waals surface area contributed by atoms with E-state index in [2.05, 4.69) is 15.5 Å². The van der Waals surface area contributed by atoms with E-state index in [-0.39, 0.29) is 25.0 Å². The third kappa shape index (κ3) is 3.30. The summed E-state index contributed by atoms with van der Waals surface area (Å²) in [5.41, 5.74) is 2.29. The summed E-state index contributed by atoms with van der Waals surface area (Å²) in [6, 6.07) is 4.60. The lowest BCUT2D eigenvalue weighted by Crippen LogP contribution is -2.65. The van der Waals surface area contributed by atoms with Crippen molar-refractivity contribution in [2.45, 2.75) is 24.8 Å². The highest BCUT2D eigenvalue weighted by Gasteiger charge is 2.53. The largest absolute Gasteiger partial charge is 0.488 e. The highest BCUT2D eigenvalue weighted by Crippen LogP contribution is 2.36. The standard InChI is InChI=1S/C20H22F2N6O2/c1-26-11-20(21,22)16(26)10-30-15-9-23-27(2)18(15)13-5-6-28-14(7-13)8-17(25-28)24-19(29)12-3-4-12/h5-9,12,16H,3-4,10-11H2,1-2H3,(H,24,25,29). The number of alkyl halides is 2. The van der Waals surface area contributed by atoms with Crippen molar-refractivity contribution in [2.24, 2.45) is 13.0 Å². The number of pyridine rings is 1. The van der Waals surface area contributed by atoms with Crippen LogP contribution < -0.4 is 10.1 Å². The molecular formula is C20H22F2N6O2. The topological polar surface area (TPSA) is 76.7 Å². The van der Waals surface area contributed by atoms with Gasteiger partial charge in [-0.15, -0.1) is 0 Å². The molecule has 8 nitrogen and oxygen atoms in total. The van der Waals surface area contributed by atoms with E-state index in [0.717, 1.165) is 23.9 Å². The van der Waals surface area contributed by atoms with Crippen LogP contribution in [0.15, 0.2) is 30.6 Å². The van der Waals surface area contributed by atoms with Gasteiger partial charge in [-0.25, -0.2) is 13.3 Å². The van der Waals surface area contributed by atoms with E-state index in [1.807, 2.05) is 12.1 Å². The molecule has 1 saturated carbocycles. The number of nitrogens with one attached hydrogen (secondary N) is 1. The Hall–Kier alpha value is -3.01. The van der Waals surface area contributed by atoms with E-state index in [9.17, 15) is 13.6 Å². The average molecular weight is 416 g/mol. The predicted octanol–water partition coefficient (Wildman–Crippen LogP) is 2.41. The number of anilines is 1. The van der Waals surface area contributed by atoms with Gasteiger partial charge in [-0.1, -0.05) is 0 Å². The number of nitrogens with zero attached hydrogens (tertiary/aromatic N) is 5. The van der Waals surface area contributed by atoms with Crippen molar-refractivity contribution in [3.8, 4) is 17.0 Å². The number of aromatic nitrogens is 4. The number of hydrogen-bond donors (Lipinski definition) is 1. The van der Waals surface area contributed by atoms with Crippen LogP contribution in [0.5, 0.6) is 5.75 Å². The molecule has 30 heavy (non-hydrogen) atoms. The van der Waals surface area contributed by atoms with E-state index < -0.39 is 12.0 Å². The maximum Gasteiger partial charge on any atom is 0.279 e. The van der Waals surface area contributed by atoms with Crippen LogP contribution in [-0.4, -0.2) is 62.4 Å². The number of hydrogen-bond acceptors (Lipinski definition) is 5. The number of ether oxygens (including phenoxy) is 1. The molecule has 158 valence electrons. The van der Waals surface area contributed by atoms with Gasteiger partial charge in [0.1, 0.15) is 18.3 Å². The Morgan fingerprint density at radius 3 is 2.83 bits per heavy atom. The summed E-state index contributed by atoms with van der Waals surface area (Å²) in [5, 5.41) is 11.4. The summed E-state index contributed by atoms with van der Waals surface area (Å²) in [6.45, 7) is -0.368. The number of rotatable bonds is 6. The van der Waals surface area contributed by atoms with Crippen LogP contribution in [0.4, 0.5) is 14.6 Å². The molecule has 3 aromatic heterocycles. The van der Waals surface area contributed by atoms with E-state index in [0.29, 0.717) is 17.3 Å². The molecule has 10 heteroatoms. The Labute approximate surface area is 171 Å². The smallest absolute Gasteiger partial charge is 0.279 e. The van der Waals surface area contributed by atoms with E-state index in [1.54, 1.807) is 40.5 Å². The van der Waals surface area contributed by atoms with E-state index in [4.69, 9.17) is 4.74 Å². The van der Waals surface area contributed by atoms with E-state index >= 15 is 0 Å². The van der Waals surface area contributed by atoms with Crippen molar-refractivity contribution in [1.82, 2.24) is 24.3 Å².